The van der Waals surface area contributed by atoms with Gasteiger partial charge < -0.3 is 15.5 Å². The van der Waals surface area contributed by atoms with Gasteiger partial charge in [-0.2, -0.15) is 13.2 Å². The molecule has 0 bridgehead atoms. The van der Waals surface area contributed by atoms with Crippen LogP contribution in [0.5, 0.6) is 0 Å². The lowest BCUT2D eigenvalue weighted by Crippen LogP contribution is -2.49. The molecule has 2 heterocycles. The van der Waals surface area contributed by atoms with E-state index in [1.165, 1.54) is 0 Å². The van der Waals surface area contributed by atoms with Gasteiger partial charge in [-0.15, -0.1) is 0 Å². The van der Waals surface area contributed by atoms with Crippen molar-refractivity contribution in [3.05, 3.63) is 63.6 Å². The second-order valence-electron chi connectivity index (χ2n) is 10.1. The number of nitrogens with one attached hydrogen (secondary N) is 2. The lowest BCUT2D eigenvalue weighted by molar-refractivity contribution is -0.192. The van der Waals surface area contributed by atoms with Gasteiger partial charge in [0.05, 0.1) is 0 Å². The third-order valence-corrected chi connectivity index (χ3v) is 6.81. The summed E-state index contributed by atoms with van der Waals surface area (Å²) in [7, 11) is 0. The molecular formula is C25H25Cl2F3N2O5. The van der Waals surface area contributed by atoms with Crippen molar-refractivity contribution in [1.29, 1.82) is 0 Å². The third-order valence-electron chi connectivity index (χ3n) is 6.34. The zero-order valence-electron chi connectivity index (χ0n) is 20.0. The van der Waals surface area contributed by atoms with Crippen molar-refractivity contribution in [1.82, 2.24) is 5.32 Å². The zero-order valence-corrected chi connectivity index (χ0v) is 21.5. The molecule has 7 nitrogen and oxygen atoms in total. The summed E-state index contributed by atoms with van der Waals surface area (Å²) >= 11 is 12.4. The number of halogens is 5. The van der Waals surface area contributed by atoms with E-state index in [4.69, 9.17) is 33.1 Å². The monoisotopic (exact) mass is 560 g/mol. The van der Waals surface area contributed by atoms with Crippen LogP contribution < -0.4 is 10.6 Å². The first-order valence-electron chi connectivity index (χ1n) is 11.1. The van der Waals surface area contributed by atoms with Gasteiger partial charge in [-0.3, -0.25) is 14.9 Å². The number of hydrogen-bond acceptors (Lipinski definition) is 4. The molecule has 1 fully saturated rings. The number of carboxylic acid groups (broad SMARTS) is 2. The van der Waals surface area contributed by atoms with Gasteiger partial charge in [0, 0.05) is 27.7 Å². The molecule has 0 radical (unpaired) electrons. The molecule has 1 spiro atoms. The van der Waals surface area contributed by atoms with E-state index in [0.29, 0.717) is 22.2 Å². The Bertz CT molecular complexity index is 1230. The van der Waals surface area contributed by atoms with E-state index in [-0.39, 0.29) is 17.4 Å². The van der Waals surface area contributed by atoms with Crippen molar-refractivity contribution in [2.24, 2.45) is 5.41 Å². The normalized spacial score (nSPS) is 24.8. The number of rotatable bonds is 3. The van der Waals surface area contributed by atoms with Crippen molar-refractivity contribution >= 4 is 46.7 Å². The van der Waals surface area contributed by atoms with Crippen molar-refractivity contribution in [3.8, 4) is 0 Å². The van der Waals surface area contributed by atoms with Crippen LogP contribution in [-0.2, 0) is 19.8 Å². The minimum Gasteiger partial charge on any atom is -0.480 e. The standard InChI is InChI=1S/C23H24Cl2N2O3.C2HF3O2/c1-22(2,3)11-17-23(15-8-7-14(25)10-16(15)26-21(23)30)18(19(27-17)20(28)29)12-5-4-6-13(24)9-12;3-2(4,5)1(6)7/h4-10,17-19,27H,11H2,1-3H3,(H,26,30)(H,28,29);(H,6,7)/t17-,18-,19+,23+;/m0./s1. The average Bonchev–Trinajstić information content (AvgIpc) is 3.22. The molecule has 2 aromatic rings. The van der Waals surface area contributed by atoms with Crippen LogP contribution in [0.4, 0.5) is 18.9 Å². The van der Waals surface area contributed by atoms with E-state index in [1.807, 2.05) is 12.1 Å². The molecule has 2 aliphatic rings. The second-order valence-corrected chi connectivity index (χ2v) is 11.0. The van der Waals surface area contributed by atoms with E-state index in [0.717, 1.165) is 11.1 Å². The number of amides is 1. The van der Waals surface area contributed by atoms with E-state index >= 15 is 0 Å². The molecular weight excluding hydrogens is 536 g/mol. The predicted octanol–water partition coefficient (Wildman–Crippen LogP) is 5.46. The van der Waals surface area contributed by atoms with E-state index in [2.05, 4.69) is 31.4 Å². The summed E-state index contributed by atoms with van der Waals surface area (Å²) in [5.41, 5.74) is 0.892. The van der Waals surface area contributed by atoms with Crippen LogP contribution in [0, 0.1) is 5.41 Å². The maximum atomic E-state index is 13.7. The fourth-order valence-electron chi connectivity index (χ4n) is 5.11. The average molecular weight is 561 g/mol. The minimum atomic E-state index is -5.08. The number of anilines is 1. The lowest BCUT2D eigenvalue weighted by atomic mass is 9.62. The summed E-state index contributed by atoms with van der Waals surface area (Å²) in [6.07, 6.45) is -4.47. The van der Waals surface area contributed by atoms with Crippen LogP contribution in [0.3, 0.4) is 0 Å². The van der Waals surface area contributed by atoms with E-state index < -0.39 is 35.5 Å². The molecule has 1 amide bonds. The molecule has 0 aliphatic carbocycles. The largest absolute Gasteiger partial charge is 0.490 e. The molecule has 2 aliphatic heterocycles. The first-order valence-corrected chi connectivity index (χ1v) is 11.9. The molecule has 0 saturated carbocycles. The van der Waals surface area contributed by atoms with Crippen molar-refractivity contribution in [2.45, 2.75) is 56.8 Å². The molecule has 2 aromatic carbocycles. The lowest BCUT2D eigenvalue weighted by Gasteiger charge is -2.37. The number of benzene rings is 2. The maximum Gasteiger partial charge on any atom is 0.490 e. The van der Waals surface area contributed by atoms with Crippen LogP contribution in [0.25, 0.3) is 0 Å². The number of fused-ring (bicyclic) bond motifs is 2. The van der Waals surface area contributed by atoms with Crippen molar-refractivity contribution in [2.75, 3.05) is 5.32 Å². The van der Waals surface area contributed by atoms with Gasteiger partial charge in [0.15, 0.2) is 0 Å². The fraction of sp³-hybridized carbons (Fsp3) is 0.400. The Hall–Kier alpha value is -2.82. The minimum absolute atomic E-state index is 0.133. The summed E-state index contributed by atoms with van der Waals surface area (Å²) in [4.78, 5) is 34.9. The highest BCUT2D eigenvalue weighted by Crippen LogP contribution is 2.56. The van der Waals surface area contributed by atoms with E-state index in [9.17, 15) is 27.9 Å². The first kappa shape index (κ1) is 28.7. The summed E-state index contributed by atoms with van der Waals surface area (Å²) in [6.45, 7) is 6.25. The van der Waals surface area contributed by atoms with Gasteiger partial charge in [0.25, 0.3) is 0 Å². The van der Waals surface area contributed by atoms with Gasteiger partial charge in [0.1, 0.15) is 11.5 Å². The van der Waals surface area contributed by atoms with Crippen molar-refractivity contribution in [3.63, 3.8) is 0 Å². The Kier molecular flexibility index (Phi) is 7.89. The molecule has 4 N–H and O–H groups in total. The predicted molar refractivity (Wildman–Crippen MR) is 132 cm³/mol. The first-order chi connectivity index (χ1) is 17.0. The fourth-order valence-corrected chi connectivity index (χ4v) is 5.48. The highest BCUT2D eigenvalue weighted by atomic mass is 35.5. The highest BCUT2D eigenvalue weighted by molar-refractivity contribution is 6.31. The van der Waals surface area contributed by atoms with Gasteiger partial charge >= 0.3 is 18.1 Å². The van der Waals surface area contributed by atoms with Crippen LogP contribution >= 0.6 is 23.2 Å². The van der Waals surface area contributed by atoms with Gasteiger partial charge in [-0.25, -0.2) is 4.79 Å². The Morgan fingerprint density at radius 1 is 1.03 bits per heavy atom. The van der Waals surface area contributed by atoms with Crippen LogP contribution in [0.2, 0.25) is 10.0 Å². The molecule has 37 heavy (non-hydrogen) atoms. The molecule has 0 unspecified atom stereocenters. The Morgan fingerprint density at radius 2 is 1.62 bits per heavy atom. The summed E-state index contributed by atoms with van der Waals surface area (Å²) in [5, 5.41) is 24.5. The number of aliphatic carboxylic acids is 2. The SMILES string of the molecule is CC(C)(C)C[C@@H]1N[C@@H](C(=O)O)[C@H](c2cccc(Cl)c2)[C@]12C(=O)Nc1cc(Cl)ccc12.O=C(O)C(F)(F)F. The van der Waals surface area contributed by atoms with Crippen LogP contribution in [0.15, 0.2) is 42.5 Å². The number of carbonyl (C=O) groups excluding carboxylic acids is 1. The van der Waals surface area contributed by atoms with Gasteiger partial charge in [0.2, 0.25) is 5.91 Å². The Labute approximate surface area is 221 Å². The Balaban J connectivity index is 0.000000479. The Morgan fingerprint density at radius 3 is 2.14 bits per heavy atom. The smallest absolute Gasteiger partial charge is 0.480 e. The number of hydrogen-bond donors (Lipinski definition) is 4. The van der Waals surface area contributed by atoms with Gasteiger partial charge in [-0.1, -0.05) is 62.2 Å². The third kappa shape index (κ3) is 5.71. The van der Waals surface area contributed by atoms with Crippen molar-refractivity contribution < 1.29 is 37.8 Å². The van der Waals surface area contributed by atoms with Crippen LogP contribution in [-0.4, -0.2) is 46.3 Å². The summed E-state index contributed by atoms with van der Waals surface area (Å²) in [6, 6.07) is 11.1. The molecule has 4 rings (SSSR count). The molecule has 4 atom stereocenters. The number of carboxylic acids is 2. The molecule has 12 heteroatoms. The maximum absolute atomic E-state index is 13.7. The number of alkyl halides is 3. The highest BCUT2D eigenvalue weighted by Gasteiger charge is 2.65. The molecule has 1 saturated heterocycles. The number of carbonyl (C=O) groups is 3. The van der Waals surface area contributed by atoms with Gasteiger partial charge in [-0.05, 0) is 47.2 Å². The second kappa shape index (κ2) is 10.2. The summed E-state index contributed by atoms with van der Waals surface area (Å²) in [5.74, 6) is -4.60. The summed E-state index contributed by atoms with van der Waals surface area (Å²) < 4.78 is 31.7. The molecule has 200 valence electrons. The quantitative estimate of drug-likeness (QED) is 0.396. The topological polar surface area (TPSA) is 116 Å². The molecule has 0 aromatic heterocycles. The zero-order chi connectivity index (χ0) is 27.9. The van der Waals surface area contributed by atoms with Crippen LogP contribution in [0.1, 0.15) is 44.2 Å². The van der Waals surface area contributed by atoms with E-state index in [1.54, 1.807) is 30.3 Å².